The Kier molecular flexibility index (Phi) is 4.26. The number of nitro benzene ring substituents is 1. The molecule has 3 aromatic rings. The molecule has 0 aliphatic carbocycles. The number of hydrogen-bond acceptors (Lipinski definition) is 5. The van der Waals surface area contributed by atoms with Crippen LogP contribution in [0.25, 0.3) is 11.0 Å². The summed E-state index contributed by atoms with van der Waals surface area (Å²) in [7, 11) is 0. The first kappa shape index (κ1) is 15.7. The third kappa shape index (κ3) is 3.26. The number of hydrogen-bond donors (Lipinski definition) is 1. The molecule has 0 bridgehead atoms. The first-order valence-electron chi connectivity index (χ1n) is 6.80. The van der Waals surface area contributed by atoms with Crippen molar-refractivity contribution in [3.8, 4) is 0 Å². The maximum atomic E-state index is 12.0. The molecule has 0 aliphatic heterocycles. The number of nitrogens with one attached hydrogen (secondary N) is 1. The molecular weight excluding hydrogens is 334 g/mol. The fraction of sp³-hybridized carbons (Fsp3) is 0. The number of benzene rings is 2. The number of rotatable bonds is 4. The Hall–Kier alpha value is -3.19. The Bertz CT molecular complexity index is 965. The molecule has 1 heterocycles. The molecule has 24 heavy (non-hydrogen) atoms. The quantitative estimate of drug-likeness (QED) is 0.443. The molecule has 0 aliphatic rings. The van der Waals surface area contributed by atoms with Crippen LogP contribution in [-0.4, -0.2) is 17.0 Å². The standard InChI is InChI=1S/C16H10ClN3O4/c17-12-5-6-14-11(7-12)8-15(24-14)16(21)19-18-9-10-3-1-2-4-13(10)20(22)23/h1-9H,(H,19,21)/b18-9+. The van der Waals surface area contributed by atoms with Crippen LogP contribution in [0.4, 0.5) is 5.69 Å². The van der Waals surface area contributed by atoms with Crippen molar-refractivity contribution in [3.05, 3.63) is 75.0 Å². The van der Waals surface area contributed by atoms with E-state index in [-0.39, 0.29) is 17.0 Å². The number of nitro groups is 1. The minimum atomic E-state index is -0.572. The highest BCUT2D eigenvalue weighted by atomic mass is 35.5. The van der Waals surface area contributed by atoms with E-state index < -0.39 is 10.8 Å². The van der Waals surface area contributed by atoms with E-state index in [4.69, 9.17) is 16.0 Å². The van der Waals surface area contributed by atoms with Crippen LogP contribution in [0.15, 0.2) is 58.0 Å². The van der Waals surface area contributed by atoms with Gasteiger partial charge in [0.1, 0.15) is 5.58 Å². The minimum Gasteiger partial charge on any atom is -0.451 e. The van der Waals surface area contributed by atoms with Gasteiger partial charge in [0.15, 0.2) is 5.76 Å². The summed E-state index contributed by atoms with van der Waals surface area (Å²) in [5, 5.41) is 15.9. The SMILES string of the molecule is O=C(N/N=C/c1ccccc1[N+](=O)[O-])c1cc2cc(Cl)ccc2o1. The number of hydrazone groups is 1. The summed E-state index contributed by atoms with van der Waals surface area (Å²) in [6.45, 7) is 0. The lowest BCUT2D eigenvalue weighted by molar-refractivity contribution is -0.385. The van der Waals surface area contributed by atoms with E-state index in [0.717, 1.165) is 0 Å². The number of fused-ring (bicyclic) bond motifs is 1. The summed E-state index contributed by atoms with van der Waals surface area (Å²) >= 11 is 5.88. The predicted octanol–water partition coefficient (Wildman–Crippen LogP) is 3.76. The van der Waals surface area contributed by atoms with Gasteiger partial charge in [0.25, 0.3) is 5.69 Å². The summed E-state index contributed by atoms with van der Waals surface area (Å²) < 4.78 is 5.40. The molecule has 0 unspecified atom stereocenters. The molecule has 1 amide bonds. The number of nitrogens with zero attached hydrogens (tertiary/aromatic N) is 2. The normalized spacial score (nSPS) is 11.0. The molecule has 0 radical (unpaired) electrons. The van der Waals surface area contributed by atoms with Crippen molar-refractivity contribution in [2.75, 3.05) is 0 Å². The molecular formula is C16H10ClN3O4. The maximum absolute atomic E-state index is 12.0. The zero-order chi connectivity index (χ0) is 17.1. The molecule has 120 valence electrons. The first-order valence-corrected chi connectivity index (χ1v) is 7.18. The zero-order valence-corrected chi connectivity index (χ0v) is 12.9. The lowest BCUT2D eigenvalue weighted by Gasteiger charge is -1.97. The Balaban J connectivity index is 1.76. The van der Waals surface area contributed by atoms with Gasteiger partial charge < -0.3 is 4.42 Å². The average molecular weight is 344 g/mol. The molecule has 3 rings (SSSR count). The molecule has 7 nitrogen and oxygen atoms in total. The molecule has 2 aromatic carbocycles. The fourth-order valence-corrected chi connectivity index (χ4v) is 2.29. The van der Waals surface area contributed by atoms with Gasteiger partial charge in [0.2, 0.25) is 0 Å². The van der Waals surface area contributed by atoms with Crippen molar-refractivity contribution in [1.82, 2.24) is 5.43 Å². The van der Waals surface area contributed by atoms with Crippen molar-refractivity contribution >= 4 is 40.4 Å². The highest BCUT2D eigenvalue weighted by molar-refractivity contribution is 6.31. The molecule has 0 saturated carbocycles. The molecule has 8 heteroatoms. The van der Waals surface area contributed by atoms with Gasteiger partial charge in [-0.1, -0.05) is 23.7 Å². The largest absolute Gasteiger partial charge is 0.451 e. The van der Waals surface area contributed by atoms with E-state index >= 15 is 0 Å². The predicted molar refractivity (Wildman–Crippen MR) is 89.4 cm³/mol. The Morgan fingerprint density at radius 3 is 2.83 bits per heavy atom. The third-order valence-corrected chi connectivity index (χ3v) is 3.44. The van der Waals surface area contributed by atoms with Crippen LogP contribution in [0.2, 0.25) is 5.02 Å². The van der Waals surface area contributed by atoms with Crippen LogP contribution in [0, 0.1) is 10.1 Å². The van der Waals surface area contributed by atoms with Crippen LogP contribution in [0.3, 0.4) is 0 Å². The van der Waals surface area contributed by atoms with Gasteiger partial charge in [0.05, 0.1) is 16.7 Å². The highest BCUT2D eigenvalue weighted by Crippen LogP contribution is 2.23. The molecule has 0 saturated heterocycles. The van der Waals surface area contributed by atoms with Gasteiger partial charge in [-0.05, 0) is 30.3 Å². The number of para-hydroxylation sites is 1. The van der Waals surface area contributed by atoms with Crippen molar-refractivity contribution in [3.63, 3.8) is 0 Å². The Morgan fingerprint density at radius 2 is 2.04 bits per heavy atom. The summed E-state index contributed by atoms with van der Waals surface area (Å²) in [6.07, 6.45) is 1.20. The van der Waals surface area contributed by atoms with Crippen molar-refractivity contribution in [2.45, 2.75) is 0 Å². The molecule has 0 spiro atoms. The smallest absolute Gasteiger partial charge is 0.307 e. The third-order valence-electron chi connectivity index (χ3n) is 3.21. The van der Waals surface area contributed by atoms with Gasteiger partial charge in [-0.2, -0.15) is 5.10 Å². The van der Waals surface area contributed by atoms with E-state index in [9.17, 15) is 14.9 Å². The van der Waals surface area contributed by atoms with Gasteiger partial charge in [0, 0.05) is 16.5 Å². The second-order valence-corrected chi connectivity index (χ2v) is 5.24. The summed E-state index contributed by atoms with van der Waals surface area (Å²) in [6, 6.07) is 12.6. The number of furan rings is 1. The van der Waals surface area contributed by atoms with Crippen LogP contribution >= 0.6 is 11.6 Å². The highest BCUT2D eigenvalue weighted by Gasteiger charge is 2.13. The topological polar surface area (TPSA) is 97.7 Å². The number of carbonyl (C=O) groups is 1. The van der Waals surface area contributed by atoms with E-state index in [1.54, 1.807) is 30.3 Å². The summed E-state index contributed by atoms with van der Waals surface area (Å²) in [4.78, 5) is 22.4. The van der Waals surface area contributed by atoms with E-state index in [0.29, 0.717) is 16.0 Å². The van der Waals surface area contributed by atoms with Crippen molar-refractivity contribution in [1.29, 1.82) is 0 Å². The second kappa shape index (κ2) is 6.51. The first-order chi connectivity index (χ1) is 11.5. The lowest BCUT2D eigenvalue weighted by Crippen LogP contribution is -2.16. The van der Waals surface area contributed by atoms with Crippen LogP contribution < -0.4 is 5.43 Å². The lowest BCUT2D eigenvalue weighted by atomic mass is 10.2. The zero-order valence-electron chi connectivity index (χ0n) is 12.1. The number of amides is 1. The van der Waals surface area contributed by atoms with Gasteiger partial charge in [-0.3, -0.25) is 14.9 Å². The molecule has 1 aromatic heterocycles. The van der Waals surface area contributed by atoms with E-state index in [1.165, 1.54) is 24.4 Å². The number of carbonyl (C=O) groups excluding carboxylic acids is 1. The molecule has 1 N–H and O–H groups in total. The van der Waals surface area contributed by atoms with Gasteiger partial charge in [-0.15, -0.1) is 0 Å². The van der Waals surface area contributed by atoms with Gasteiger partial charge in [-0.25, -0.2) is 5.43 Å². The summed E-state index contributed by atoms with van der Waals surface area (Å²) in [5.74, 6) is -0.510. The summed E-state index contributed by atoms with van der Waals surface area (Å²) in [5.41, 5.74) is 2.97. The van der Waals surface area contributed by atoms with Crippen molar-refractivity contribution < 1.29 is 14.1 Å². The van der Waals surface area contributed by atoms with Gasteiger partial charge >= 0.3 is 5.91 Å². The molecule has 0 fully saturated rings. The fourth-order valence-electron chi connectivity index (χ4n) is 2.10. The van der Waals surface area contributed by atoms with E-state index in [1.807, 2.05) is 0 Å². The van der Waals surface area contributed by atoms with Crippen molar-refractivity contribution in [2.24, 2.45) is 5.10 Å². The van der Waals surface area contributed by atoms with Crippen LogP contribution in [0.1, 0.15) is 16.1 Å². The maximum Gasteiger partial charge on any atom is 0.307 e. The second-order valence-electron chi connectivity index (χ2n) is 4.81. The Morgan fingerprint density at radius 1 is 1.25 bits per heavy atom. The minimum absolute atomic E-state index is 0.0620. The van der Waals surface area contributed by atoms with Crippen LogP contribution in [0.5, 0.6) is 0 Å². The monoisotopic (exact) mass is 343 g/mol. The average Bonchev–Trinajstić information content (AvgIpc) is 2.98. The van der Waals surface area contributed by atoms with E-state index in [2.05, 4.69) is 10.5 Å². The molecule has 0 atom stereocenters. The Labute approximate surface area is 140 Å². The van der Waals surface area contributed by atoms with Crippen LogP contribution in [-0.2, 0) is 0 Å². The number of halogens is 1.